The zero-order valence-electron chi connectivity index (χ0n) is 20.7. The number of hydrogen-bond donors (Lipinski definition) is 0. The lowest BCUT2D eigenvalue weighted by Crippen LogP contribution is -2.37. The van der Waals surface area contributed by atoms with E-state index >= 15 is 0 Å². The number of likely N-dealkylation sites (tertiary alicyclic amines) is 1. The van der Waals surface area contributed by atoms with E-state index in [1.807, 2.05) is 0 Å². The van der Waals surface area contributed by atoms with E-state index in [-0.39, 0.29) is 0 Å². The number of piperidine rings is 1. The van der Waals surface area contributed by atoms with Gasteiger partial charge < -0.3 is 9.64 Å². The Hall–Kier alpha value is -0.0800. The van der Waals surface area contributed by atoms with Crippen LogP contribution in [0.5, 0.6) is 0 Å². The van der Waals surface area contributed by atoms with Crippen molar-refractivity contribution in [1.82, 2.24) is 4.90 Å². The van der Waals surface area contributed by atoms with Crippen LogP contribution < -0.4 is 0 Å². The Bertz CT molecular complexity index is 337. The third kappa shape index (κ3) is 14.5. The second kappa shape index (κ2) is 18.7. The maximum Gasteiger partial charge on any atom is 0.0599 e. The minimum absolute atomic E-state index is 0.532. The Labute approximate surface area is 184 Å². The highest BCUT2D eigenvalue weighted by Crippen LogP contribution is 2.21. The Morgan fingerprint density at radius 1 is 0.759 bits per heavy atom. The zero-order valence-corrected chi connectivity index (χ0v) is 20.7. The van der Waals surface area contributed by atoms with E-state index in [9.17, 15) is 0 Å². The summed E-state index contributed by atoms with van der Waals surface area (Å²) in [6.45, 7) is 14.2. The summed E-state index contributed by atoms with van der Waals surface area (Å²) in [5.41, 5.74) is 0. The van der Waals surface area contributed by atoms with Crippen molar-refractivity contribution in [3.8, 4) is 0 Å². The molecule has 0 spiro atoms. The molecule has 0 radical (unpaired) electrons. The fraction of sp³-hybridized carbons (Fsp3) is 1.00. The first kappa shape index (κ1) is 27.0. The lowest BCUT2D eigenvalue weighted by molar-refractivity contribution is 0.00464. The van der Waals surface area contributed by atoms with E-state index in [4.69, 9.17) is 4.74 Å². The third-order valence-corrected chi connectivity index (χ3v) is 7.16. The first-order chi connectivity index (χ1) is 14.2. The molecule has 1 aliphatic heterocycles. The van der Waals surface area contributed by atoms with Gasteiger partial charge in [0.25, 0.3) is 0 Å². The molecule has 2 heteroatoms. The van der Waals surface area contributed by atoms with Gasteiger partial charge in [-0.2, -0.15) is 0 Å². The largest absolute Gasteiger partial charge is 0.378 e. The molecular formula is C27H55NO. The van der Waals surface area contributed by atoms with Crippen molar-refractivity contribution in [3.05, 3.63) is 0 Å². The van der Waals surface area contributed by atoms with Crippen LogP contribution in [0, 0.1) is 11.8 Å². The molecule has 0 amide bonds. The highest BCUT2D eigenvalue weighted by molar-refractivity contribution is 4.73. The highest BCUT2D eigenvalue weighted by atomic mass is 16.5. The van der Waals surface area contributed by atoms with Crippen molar-refractivity contribution in [3.63, 3.8) is 0 Å². The van der Waals surface area contributed by atoms with Crippen molar-refractivity contribution in [2.24, 2.45) is 11.8 Å². The first-order valence-corrected chi connectivity index (χ1v) is 13.5. The van der Waals surface area contributed by atoms with Crippen LogP contribution in [-0.4, -0.2) is 37.2 Å². The molecule has 2 unspecified atom stereocenters. The minimum atomic E-state index is 0.532. The summed E-state index contributed by atoms with van der Waals surface area (Å²) in [5.74, 6) is 1.86. The summed E-state index contributed by atoms with van der Waals surface area (Å²) in [5, 5.41) is 0. The van der Waals surface area contributed by atoms with Crippen LogP contribution in [0.3, 0.4) is 0 Å². The summed E-state index contributed by atoms with van der Waals surface area (Å²) in [7, 11) is 0. The topological polar surface area (TPSA) is 12.5 Å². The molecule has 0 bridgehead atoms. The van der Waals surface area contributed by atoms with E-state index < -0.39 is 0 Å². The molecule has 1 rings (SSSR count). The summed E-state index contributed by atoms with van der Waals surface area (Å²) >= 11 is 0. The van der Waals surface area contributed by atoms with E-state index in [2.05, 4.69) is 32.6 Å². The first-order valence-electron chi connectivity index (χ1n) is 13.5. The van der Waals surface area contributed by atoms with Crippen LogP contribution in [0.1, 0.15) is 130 Å². The van der Waals surface area contributed by atoms with Crippen molar-refractivity contribution >= 4 is 0 Å². The minimum Gasteiger partial charge on any atom is -0.378 e. The fourth-order valence-corrected chi connectivity index (χ4v) is 4.86. The van der Waals surface area contributed by atoms with Crippen LogP contribution in [0.15, 0.2) is 0 Å². The molecule has 0 N–H and O–H groups in total. The Kier molecular flexibility index (Phi) is 17.4. The van der Waals surface area contributed by atoms with Crippen molar-refractivity contribution < 1.29 is 4.74 Å². The number of nitrogens with zero attached hydrogens (tertiary/aromatic N) is 1. The molecule has 0 saturated carbocycles. The van der Waals surface area contributed by atoms with Crippen molar-refractivity contribution in [2.75, 3.05) is 26.2 Å². The Morgan fingerprint density at radius 3 is 2.07 bits per heavy atom. The van der Waals surface area contributed by atoms with Gasteiger partial charge in [0.2, 0.25) is 0 Å². The second-order valence-corrected chi connectivity index (χ2v) is 9.92. The smallest absolute Gasteiger partial charge is 0.0599 e. The standard InChI is InChI=1S/C27H55NO/c1-5-8-10-11-17-26(7-3)18-12-13-21-28-22-19-27(20-23-28)29-24-14-16-25(4)15-9-6-2/h25-27H,5-24H2,1-4H3. The molecule has 174 valence electrons. The lowest BCUT2D eigenvalue weighted by Gasteiger charge is -2.32. The molecule has 0 aliphatic carbocycles. The maximum absolute atomic E-state index is 6.19. The van der Waals surface area contributed by atoms with Crippen LogP contribution in [0.25, 0.3) is 0 Å². The van der Waals surface area contributed by atoms with Crippen LogP contribution in [0.2, 0.25) is 0 Å². The van der Waals surface area contributed by atoms with E-state index in [1.165, 1.54) is 122 Å². The summed E-state index contributed by atoms with van der Waals surface area (Å²) in [6, 6.07) is 0. The highest BCUT2D eigenvalue weighted by Gasteiger charge is 2.19. The molecule has 2 nitrogen and oxygen atoms in total. The Balaban J connectivity index is 1.98. The van der Waals surface area contributed by atoms with E-state index in [0.717, 1.165) is 18.4 Å². The second-order valence-electron chi connectivity index (χ2n) is 9.92. The predicted octanol–water partition coefficient (Wildman–Crippen LogP) is 8.24. The molecular weight excluding hydrogens is 354 g/mol. The summed E-state index contributed by atoms with van der Waals surface area (Å²) in [4.78, 5) is 2.69. The fourth-order valence-electron chi connectivity index (χ4n) is 4.86. The average molecular weight is 410 g/mol. The Morgan fingerprint density at radius 2 is 1.41 bits per heavy atom. The van der Waals surface area contributed by atoms with Gasteiger partial charge in [-0.1, -0.05) is 98.3 Å². The quantitative estimate of drug-likeness (QED) is 0.199. The number of hydrogen-bond acceptors (Lipinski definition) is 2. The van der Waals surface area contributed by atoms with Gasteiger partial charge in [0.05, 0.1) is 6.10 Å². The normalized spacial score (nSPS) is 18.2. The number of rotatable bonds is 19. The average Bonchev–Trinajstić information content (AvgIpc) is 2.75. The van der Waals surface area contributed by atoms with Crippen LogP contribution >= 0.6 is 0 Å². The van der Waals surface area contributed by atoms with Gasteiger partial charge in [-0.05, 0) is 50.5 Å². The molecule has 1 heterocycles. The van der Waals surface area contributed by atoms with Crippen molar-refractivity contribution in [2.45, 2.75) is 137 Å². The number of unbranched alkanes of at least 4 members (excludes halogenated alkanes) is 5. The lowest BCUT2D eigenvalue weighted by atomic mass is 9.93. The molecule has 0 aromatic heterocycles. The van der Waals surface area contributed by atoms with E-state index in [0.29, 0.717) is 6.10 Å². The van der Waals surface area contributed by atoms with Gasteiger partial charge in [-0.15, -0.1) is 0 Å². The van der Waals surface area contributed by atoms with Gasteiger partial charge in [-0.3, -0.25) is 0 Å². The number of ether oxygens (including phenoxy) is 1. The SMILES string of the molecule is CCCCCCC(CC)CCCCN1CCC(OCCCC(C)CCCC)CC1. The van der Waals surface area contributed by atoms with Crippen molar-refractivity contribution in [1.29, 1.82) is 0 Å². The zero-order chi connectivity index (χ0) is 21.2. The van der Waals surface area contributed by atoms with Gasteiger partial charge in [-0.25, -0.2) is 0 Å². The van der Waals surface area contributed by atoms with Gasteiger partial charge >= 0.3 is 0 Å². The summed E-state index contributed by atoms with van der Waals surface area (Å²) in [6.07, 6.45) is 22.6. The van der Waals surface area contributed by atoms with Crippen LogP contribution in [0.4, 0.5) is 0 Å². The van der Waals surface area contributed by atoms with Gasteiger partial charge in [0, 0.05) is 19.7 Å². The molecule has 1 saturated heterocycles. The third-order valence-electron chi connectivity index (χ3n) is 7.16. The van der Waals surface area contributed by atoms with Gasteiger partial charge in [0.1, 0.15) is 0 Å². The predicted molar refractivity (Wildman–Crippen MR) is 130 cm³/mol. The molecule has 1 fully saturated rings. The summed E-state index contributed by atoms with van der Waals surface area (Å²) < 4.78 is 6.19. The molecule has 2 atom stereocenters. The monoisotopic (exact) mass is 409 g/mol. The molecule has 29 heavy (non-hydrogen) atoms. The molecule has 1 aliphatic rings. The van der Waals surface area contributed by atoms with E-state index in [1.54, 1.807) is 0 Å². The maximum atomic E-state index is 6.19. The molecule has 0 aromatic rings. The molecule has 0 aromatic carbocycles. The van der Waals surface area contributed by atoms with Gasteiger partial charge in [0.15, 0.2) is 0 Å². The van der Waals surface area contributed by atoms with Crippen LogP contribution in [-0.2, 0) is 4.74 Å².